The third-order valence-corrected chi connectivity index (χ3v) is 3.70. The molecule has 1 amide bonds. The summed E-state index contributed by atoms with van der Waals surface area (Å²) in [5.74, 6) is -4.47. The number of nitrogens with one attached hydrogen (secondary N) is 1. The van der Waals surface area contributed by atoms with Gasteiger partial charge in [-0.25, -0.2) is 18.0 Å². The summed E-state index contributed by atoms with van der Waals surface area (Å²) in [6.07, 6.45) is -1.35. The highest BCUT2D eigenvalue weighted by atomic mass is 79.9. The van der Waals surface area contributed by atoms with Crippen molar-refractivity contribution < 1.29 is 27.5 Å². The van der Waals surface area contributed by atoms with Crippen LogP contribution in [-0.4, -0.2) is 18.0 Å². The summed E-state index contributed by atoms with van der Waals surface area (Å²) in [6, 6.07) is 6.47. The van der Waals surface area contributed by atoms with Gasteiger partial charge in [-0.05, 0) is 53.2 Å². The minimum absolute atomic E-state index is 0.119. The van der Waals surface area contributed by atoms with Crippen LogP contribution in [0.2, 0.25) is 0 Å². The van der Waals surface area contributed by atoms with E-state index >= 15 is 0 Å². The zero-order valence-electron chi connectivity index (χ0n) is 12.3. The van der Waals surface area contributed by atoms with E-state index in [0.29, 0.717) is 0 Å². The van der Waals surface area contributed by atoms with Crippen molar-refractivity contribution >= 4 is 33.5 Å². The number of carbonyl (C=O) groups is 2. The molecular formula is C16H11BrF3NO3. The third kappa shape index (κ3) is 4.14. The number of halogens is 4. The van der Waals surface area contributed by atoms with Gasteiger partial charge in [-0.3, -0.25) is 4.79 Å². The molecule has 2 aromatic carbocycles. The predicted octanol–water partition coefficient (Wildman–Crippen LogP) is 4.05. The van der Waals surface area contributed by atoms with Gasteiger partial charge in [0.25, 0.3) is 5.91 Å². The number of benzene rings is 2. The van der Waals surface area contributed by atoms with E-state index in [9.17, 15) is 22.8 Å². The van der Waals surface area contributed by atoms with Crippen molar-refractivity contribution in [2.75, 3.05) is 5.32 Å². The fraction of sp³-hybridized carbons (Fsp3) is 0.125. The van der Waals surface area contributed by atoms with Crippen molar-refractivity contribution in [1.29, 1.82) is 0 Å². The molecule has 0 radical (unpaired) electrons. The lowest BCUT2D eigenvalue weighted by molar-refractivity contribution is -0.123. The maximum absolute atomic E-state index is 13.5. The smallest absolute Gasteiger partial charge is 0.340 e. The first-order valence-corrected chi connectivity index (χ1v) is 7.50. The fourth-order valence-electron chi connectivity index (χ4n) is 1.77. The molecule has 0 aliphatic rings. The summed E-state index contributed by atoms with van der Waals surface area (Å²) < 4.78 is 45.3. The molecule has 0 bridgehead atoms. The SMILES string of the molecule is C[C@H](OC(=O)c1cc(F)ccc1Br)C(=O)Nc1c(F)cccc1F. The monoisotopic (exact) mass is 401 g/mol. The van der Waals surface area contributed by atoms with Gasteiger partial charge < -0.3 is 10.1 Å². The molecule has 0 heterocycles. The molecule has 0 fully saturated rings. The fourth-order valence-corrected chi connectivity index (χ4v) is 2.18. The van der Waals surface area contributed by atoms with Crippen LogP contribution in [0, 0.1) is 17.5 Å². The Labute approximate surface area is 143 Å². The molecule has 2 rings (SSSR count). The molecular weight excluding hydrogens is 391 g/mol. The Morgan fingerprint density at radius 1 is 1.12 bits per heavy atom. The molecule has 0 saturated heterocycles. The second-order valence-electron chi connectivity index (χ2n) is 4.76. The number of carbonyl (C=O) groups excluding carboxylic acids is 2. The molecule has 0 aromatic heterocycles. The predicted molar refractivity (Wildman–Crippen MR) is 84.0 cm³/mol. The molecule has 0 aliphatic heterocycles. The van der Waals surface area contributed by atoms with Crippen molar-refractivity contribution in [2.24, 2.45) is 0 Å². The summed E-state index contributed by atoms with van der Waals surface area (Å²) in [4.78, 5) is 23.9. The van der Waals surface area contributed by atoms with Crippen LogP contribution in [0.1, 0.15) is 17.3 Å². The van der Waals surface area contributed by atoms with Crippen LogP contribution < -0.4 is 5.32 Å². The van der Waals surface area contributed by atoms with Crippen LogP contribution in [0.5, 0.6) is 0 Å². The average Bonchev–Trinajstić information content (AvgIpc) is 2.53. The largest absolute Gasteiger partial charge is 0.449 e. The summed E-state index contributed by atoms with van der Waals surface area (Å²) in [7, 11) is 0. The Balaban J connectivity index is 2.09. The Morgan fingerprint density at radius 2 is 1.75 bits per heavy atom. The standard InChI is InChI=1S/C16H11BrF3NO3/c1-8(15(22)21-14-12(19)3-2-4-13(14)20)24-16(23)10-7-9(18)5-6-11(10)17/h2-8H,1H3,(H,21,22)/t8-/m0/s1. The van der Waals surface area contributed by atoms with Gasteiger partial charge in [0.2, 0.25) is 0 Å². The summed E-state index contributed by atoms with van der Waals surface area (Å²) in [5.41, 5.74) is -0.760. The summed E-state index contributed by atoms with van der Waals surface area (Å²) >= 11 is 3.06. The molecule has 1 atom stereocenters. The number of rotatable bonds is 4. The van der Waals surface area contributed by atoms with Gasteiger partial charge in [0, 0.05) is 4.47 Å². The lowest BCUT2D eigenvalue weighted by Gasteiger charge is -2.14. The molecule has 126 valence electrons. The van der Waals surface area contributed by atoms with Crippen molar-refractivity contribution in [3.05, 3.63) is 63.9 Å². The van der Waals surface area contributed by atoms with Gasteiger partial charge in [-0.15, -0.1) is 0 Å². The molecule has 0 saturated carbocycles. The highest BCUT2D eigenvalue weighted by Crippen LogP contribution is 2.21. The zero-order chi connectivity index (χ0) is 17.9. The lowest BCUT2D eigenvalue weighted by atomic mass is 10.2. The Morgan fingerprint density at radius 3 is 2.38 bits per heavy atom. The highest BCUT2D eigenvalue weighted by molar-refractivity contribution is 9.10. The molecule has 0 unspecified atom stereocenters. The van der Waals surface area contributed by atoms with Crippen LogP contribution in [0.15, 0.2) is 40.9 Å². The Bertz CT molecular complexity index is 778. The van der Waals surface area contributed by atoms with E-state index in [1.54, 1.807) is 0 Å². The third-order valence-electron chi connectivity index (χ3n) is 3.01. The Kier molecular flexibility index (Phi) is 5.61. The van der Waals surface area contributed by atoms with Gasteiger partial charge in [0.15, 0.2) is 6.10 Å². The normalized spacial score (nSPS) is 11.7. The first kappa shape index (κ1) is 18.0. The van der Waals surface area contributed by atoms with Crippen molar-refractivity contribution in [3.8, 4) is 0 Å². The van der Waals surface area contributed by atoms with Gasteiger partial charge in [0.05, 0.1) is 5.56 Å². The minimum atomic E-state index is -1.35. The second kappa shape index (κ2) is 7.48. The van der Waals surface area contributed by atoms with Gasteiger partial charge in [-0.2, -0.15) is 0 Å². The van der Waals surface area contributed by atoms with E-state index in [2.05, 4.69) is 15.9 Å². The van der Waals surface area contributed by atoms with Gasteiger partial charge in [0.1, 0.15) is 23.1 Å². The molecule has 4 nitrogen and oxygen atoms in total. The van der Waals surface area contributed by atoms with Crippen molar-refractivity contribution in [1.82, 2.24) is 0 Å². The van der Waals surface area contributed by atoms with Crippen molar-refractivity contribution in [2.45, 2.75) is 13.0 Å². The topological polar surface area (TPSA) is 55.4 Å². The molecule has 1 N–H and O–H groups in total. The van der Waals surface area contributed by atoms with E-state index in [-0.39, 0.29) is 10.0 Å². The zero-order valence-corrected chi connectivity index (χ0v) is 13.9. The van der Waals surface area contributed by atoms with Crippen LogP contribution >= 0.6 is 15.9 Å². The minimum Gasteiger partial charge on any atom is -0.449 e. The molecule has 0 aliphatic carbocycles. The first-order valence-electron chi connectivity index (χ1n) is 6.70. The van der Waals surface area contributed by atoms with Crippen LogP contribution in [0.25, 0.3) is 0 Å². The number of hydrogen-bond donors (Lipinski definition) is 1. The maximum atomic E-state index is 13.5. The van der Waals surface area contributed by atoms with E-state index in [4.69, 9.17) is 4.74 Å². The molecule has 8 heteroatoms. The van der Waals surface area contributed by atoms with Gasteiger partial charge in [-0.1, -0.05) is 6.07 Å². The lowest BCUT2D eigenvalue weighted by Crippen LogP contribution is -2.30. The molecule has 24 heavy (non-hydrogen) atoms. The average molecular weight is 402 g/mol. The number of esters is 1. The van der Waals surface area contributed by atoms with E-state index in [1.807, 2.05) is 5.32 Å². The van der Waals surface area contributed by atoms with Crippen LogP contribution in [0.4, 0.5) is 18.9 Å². The first-order chi connectivity index (χ1) is 11.3. The van der Waals surface area contributed by atoms with Crippen LogP contribution in [-0.2, 0) is 9.53 Å². The molecule has 0 spiro atoms. The van der Waals surface area contributed by atoms with Crippen LogP contribution in [0.3, 0.4) is 0 Å². The van der Waals surface area contributed by atoms with E-state index in [0.717, 1.165) is 30.3 Å². The van der Waals surface area contributed by atoms with Gasteiger partial charge >= 0.3 is 5.97 Å². The highest BCUT2D eigenvalue weighted by Gasteiger charge is 2.22. The second-order valence-corrected chi connectivity index (χ2v) is 5.61. The quantitative estimate of drug-likeness (QED) is 0.786. The number of hydrogen-bond acceptors (Lipinski definition) is 3. The maximum Gasteiger partial charge on any atom is 0.340 e. The number of amides is 1. The Hall–Kier alpha value is -2.35. The van der Waals surface area contributed by atoms with E-state index < -0.39 is 41.1 Å². The van der Waals surface area contributed by atoms with E-state index in [1.165, 1.54) is 13.0 Å². The molecule has 2 aromatic rings. The number of ether oxygens (including phenoxy) is 1. The summed E-state index contributed by atoms with van der Waals surface area (Å²) in [5, 5.41) is 2.01. The number of anilines is 1. The summed E-state index contributed by atoms with van der Waals surface area (Å²) in [6.45, 7) is 1.22. The number of para-hydroxylation sites is 1. The van der Waals surface area contributed by atoms with Crippen molar-refractivity contribution in [3.63, 3.8) is 0 Å².